The Morgan fingerprint density at radius 1 is 0.960 bits per heavy atom. The van der Waals surface area contributed by atoms with Gasteiger partial charge in [0.05, 0.1) is 40.4 Å². The number of hydrogen-bond donors (Lipinski definition) is 2. The Morgan fingerprint density at radius 2 is 1.62 bits per heavy atom. The number of amides is 4. The number of likely N-dealkylation sites (tertiary alicyclic amines) is 1. The van der Waals surface area contributed by atoms with Crippen LogP contribution >= 0.6 is 43.5 Å². The third kappa shape index (κ3) is 4.96. The summed E-state index contributed by atoms with van der Waals surface area (Å²) in [5.74, 6) is -6.06. The van der Waals surface area contributed by atoms with Gasteiger partial charge in [-0.3, -0.25) is 29.5 Å². The minimum atomic E-state index is -1.59. The van der Waals surface area contributed by atoms with Crippen LogP contribution in [0, 0.1) is 29.5 Å². The van der Waals surface area contributed by atoms with Gasteiger partial charge in [-0.05, 0) is 125 Å². The SMILES string of the molecule is COc1cc(C2C3=CCC4C(=O)N(C(C)(C)C)C(=O)C4C3CC3C(=O)N(Nc4ccc(F)cc4)C(=O)C32c2ccc(Cl)cc2)c(Br)c(Br)c1O. The molecule has 260 valence electrons. The predicted molar refractivity (Wildman–Crippen MR) is 191 cm³/mol. The maximum Gasteiger partial charge on any atom is 0.260 e. The molecule has 13 heteroatoms. The Labute approximate surface area is 310 Å². The number of phenols is 1. The lowest BCUT2D eigenvalue weighted by atomic mass is 9.49. The summed E-state index contributed by atoms with van der Waals surface area (Å²) in [7, 11) is 1.41. The van der Waals surface area contributed by atoms with Gasteiger partial charge in [0.25, 0.3) is 11.8 Å². The van der Waals surface area contributed by atoms with Crippen LogP contribution in [0.3, 0.4) is 0 Å². The first-order valence-corrected chi connectivity index (χ1v) is 18.1. The van der Waals surface area contributed by atoms with E-state index in [-0.39, 0.29) is 40.6 Å². The summed E-state index contributed by atoms with van der Waals surface area (Å²) in [6.45, 7) is 5.46. The fraction of sp³-hybridized carbons (Fsp3) is 0.351. The molecule has 0 bridgehead atoms. The molecular weight excluding hydrogens is 797 g/mol. The summed E-state index contributed by atoms with van der Waals surface area (Å²) in [5, 5.41) is 12.4. The lowest BCUT2D eigenvalue weighted by Crippen LogP contribution is -2.53. The summed E-state index contributed by atoms with van der Waals surface area (Å²) >= 11 is 13.5. The van der Waals surface area contributed by atoms with Crippen LogP contribution < -0.4 is 10.2 Å². The molecule has 2 saturated heterocycles. The number of hydrogen-bond acceptors (Lipinski definition) is 7. The molecule has 6 atom stereocenters. The van der Waals surface area contributed by atoms with Crippen molar-refractivity contribution in [2.75, 3.05) is 12.5 Å². The monoisotopic (exact) mass is 827 g/mol. The van der Waals surface area contributed by atoms with Crippen molar-refractivity contribution in [3.05, 3.63) is 97.2 Å². The lowest BCUT2D eigenvalue weighted by molar-refractivity contribution is -0.146. The third-order valence-corrected chi connectivity index (χ3v) is 13.0. The number of nitrogens with zero attached hydrogens (tertiary/aromatic N) is 2. The highest BCUT2D eigenvalue weighted by Crippen LogP contribution is 2.65. The number of allylic oxidation sites excluding steroid dienone is 2. The van der Waals surface area contributed by atoms with Crippen LogP contribution in [0.4, 0.5) is 10.1 Å². The van der Waals surface area contributed by atoms with Crippen LogP contribution in [0.5, 0.6) is 11.5 Å². The van der Waals surface area contributed by atoms with Crippen molar-refractivity contribution >= 4 is 72.8 Å². The number of hydrazine groups is 1. The van der Waals surface area contributed by atoms with E-state index in [1.165, 1.54) is 36.3 Å². The minimum absolute atomic E-state index is 0.101. The van der Waals surface area contributed by atoms with Crippen molar-refractivity contribution in [3.63, 3.8) is 0 Å². The first-order chi connectivity index (χ1) is 23.6. The zero-order chi connectivity index (χ0) is 36.0. The van der Waals surface area contributed by atoms with E-state index in [4.69, 9.17) is 16.3 Å². The average Bonchev–Trinajstić information content (AvgIpc) is 3.46. The number of methoxy groups -OCH3 is 1. The van der Waals surface area contributed by atoms with Crippen molar-refractivity contribution < 1.29 is 33.4 Å². The second-order valence-electron chi connectivity index (χ2n) is 14.2. The maximum atomic E-state index is 15.3. The normalized spacial score (nSPS) is 27.6. The molecule has 6 unspecified atom stereocenters. The number of aromatic hydroxyl groups is 1. The van der Waals surface area contributed by atoms with Gasteiger partial charge < -0.3 is 9.84 Å². The smallest absolute Gasteiger partial charge is 0.260 e. The molecule has 50 heavy (non-hydrogen) atoms. The number of rotatable bonds is 5. The molecule has 4 amide bonds. The van der Waals surface area contributed by atoms with Gasteiger partial charge in [0.2, 0.25) is 11.8 Å². The van der Waals surface area contributed by atoms with Crippen molar-refractivity contribution in [1.82, 2.24) is 9.91 Å². The number of carbonyl (C=O) groups is 4. The molecule has 1 saturated carbocycles. The average molecular weight is 830 g/mol. The molecular formula is C37H33Br2ClFN3O6. The molecule has 7 rings (SSSR count). The van der Waals surface area contributed by atoms with Gasteiger partial charge >= 0.3 is 0 Å². The molecule has 3 aromatic carbocycles. The third-order valence-electron chi connectivity index (χ3n) is 10.6. The quantitative estimate of drug-likeness (QED) is 0.202. The van der Waals surface area contributed by atoms with E-state index in [1.807, 2.05) is 26.8 Å². The molecule has 3 aromatic rings. The van der Waals surface area contributed by atoms with Gasteiger partial charge in [0.1, 0.15) is 5.82 Å². The first kappa shape index (κ1) is 34.7. The predicted octanol–water partition coefficient (Wildman–Crippen LogP) is 7.50. The van der Waals surface area contributed by atoms with E-state index in [0.29, 0.717) is 26.3 Å². The summed E-state index contributed by atoms with van der Waals surface area (Å²) < 4.78 is 20.1. The van der Waals surface area contributed by atoms with Crippen LogP contribution in [0.15, 0.2) is 75.2 Å². The van der Waals surface area contributed by atoms with Crippen molar-refractivity contribution in [2.45, 2.75) is 50.5 Å². The molecule has 0 radical (unpaired) electrons. The Bertz CT molecular complexity index is 2000. The summed E-state index contributed by atoms with van der Waals surface area (Å²) in [6.07, 6.45) is 2.32. The van der Waals surface area contributed by atoms with Crippen LogP contribution in [-0.2, 0) is 24.6 Å². The van der Waals surface area contributed by atoms with Gasteiger partial charge in [-0.25, -0.2) is 4.39 Å². The highest BCUT2D eigenvalue weighted by Gasteiger charge is 2.71. The Morgan fingerprint density at radius 3 is 2.24 bits per heavy atom. The Hall–Kier alpha value is -3.74. The fourth-order valence-electron chi connectivity index (χ4n) is 8.64. The summed E-state index contributed by atoms with van der Waals surface area (Å²) in [4.78, 5) is 59.6. The van der Waals surface area contributed by atoms with E-state index in [0.717, 1.165) is 10.6 Å². The van der Waals surface area contributed by atoms with E-state index in [9.17, 15) is 23.9 Å². The van der Waals surface area contributed by atoms with Gasteiger partial charge in [-0.15, -0.1) is 0 Å². The molecule has 2 N–H and O–H groups in total. The second kappa shape index (κ2) is 12.2. The van der Waals surface area contributed by atoms with Crippen molar-refractivity contribution in [2.24, 2.45) is 23.7 Å². The fourth-order valence-corrected chi connectivity index (χ4v) is 9.72. The number of carbonyl (C=O) groups excluding carboxylic acids is 4. The highest BCUT2D eigenvalue weighted by molar-refractivity contribution is 9.13. The zero-order valence-electron chi connectivity index (χ0n) is 27.5. The van der Waals surface area contributed by atoms with Crippen molar-refractivity contribution in [3.8, 4) is 11.5 Å². The van der Waals surface area contributed by atoms with Crippen LogP contribution in [0.1, 0.15) is 50.7 Å². The first-order valence-electron chi connectivity index (χ1n) is 16.1. The van der Waals surface area contributed by atoms with E-state index < -0.39 is 58.2 Å². The topological polar surface area (TPSA) is 116 Å². The molecule has 2 aliphatic heterocycles. The highest BCUT2D eigenvalue weighted by atomic mass is 79.9. The molecule has 3 fully saturated rings. The number of benzene rings is 3. The molecule has 9 nitrogen and oxygen atoms in total. The maximum absolute atomic E-state index is 15.3. The van der Waals surface area contributed by atoms with E-state index in [1.54, 1.807) is 30.3 Å². The number of imide groups is 2. The molecule has 0 aromatic heterocycles. The van der Waals surface area contributed by atoms with E-state index in [2.05, 4.69) is 37.3 Å². The zero-order valence-corrected chi connectivity index (χ0v) is 31.4. The number of anilines is 1. The largest absolute Gasteiger partial charge is 0.503 e. The molecule has 2 heterocycles. The number of phenolic OH excluding ortho intramolecular Hbond substituents is 1. The lowest BCUT2D eigenvalue weighted by Gasteiger charge is -2.51. The van der Waals surface area contributed by atoms with Gasteiger partial charge in [-0.2, -0.15) is 5.01 Å². The van der Waals surface area contributed by atoms with Gasteiger partial charge in [0.15, 0.2) is 11.5 Å². The van der Waals surface area contributed by atoms with Crippen molar-refractivity contribution in [1.29, 1.82) is 0 Å². The van der Waals surface area contributed by atoms with E-state index >= 15 is 4.79 Å². The van der Waals surface area contributed by atoms with Crippen LogP contribution in [0.25, 0.3) is 0 Å². The van der Waals surface area contributed by atoms with Gasteiger partial charge in [-0.1, -0.05) is 35.4 Å². The minimum Gasteiger partial charge on any atom is -0.503 e. The Kier molecular flexibility index (Phi) is 8.46. The number of fused-ring (bicyclic) bond motifs is 4. The number of ether oxygens (including phenoxy) is 1. The standard InChI is InChI=1S/C37H33Br2ClFN3O6/c1-36(2,3)43-32(46)22-14-13-21-23(27(22)34(43)48)15-25-33(47)44(42-20-11-9-19(41)10-12-20)35(49)37(25,17-5-7-18(40)8-6-17)28(21)24-16-26(50-4)31(45)30(39)29(24)38/h5-13,16,22-23,25,27-28,42,45H,14-15H2,1-4H3. The number of halogens is 4. The number of nitrogens with one attached hydrogen (secondary N) is 1. The second-order valence-corrected chi connectivity index (χ2v) is 16.2. The Balaban J connectivity index is 1.51. The molecule has 4 aliphatic rings. The summed E-state index contributed by atoms with van der Waals surface area (Å²) in [6, 6.07) is 13.7. The molecule has 2 aliphatic carbocycles. The van der Waals surface area contributed by atoms with Gasteiger partial charge in [0, 0.05) is 21.0 Å². The summed E-state index contributed by atoms with van der Waals surface area (Å²) in [5.41, 5.74) is 2.67. The molecule has 0 spiro atoms. The van der Waals surface area contributed by atoms with Crippen LogP contribution in [0.2, 0.25) is 5.02 Å². The van der Waals surface area contributed by atoms with Crippen LogP contribution in [-0.4, -0.2) is 51.3 Å².